The van der Waals surface area contributed by atoms with Crippen LogP contribution in [0.25, 0.3) is 0 Å². The van der Waals surface area contributed by atoms with Gasteiger partial charge in [-0.15, -0.1) is 0 Å². The van der Waals surface area contributed by atoms with E-state index in [1.165, 1.54) is 18.2 Å². The standard InChI is InChI=1S/C16H12BrN3O5/c1-8-15(21)19-12-7-10(3-5-14(12)25-8)18-16(22)9-2-4-11(17)13(6-9)20(23)24/h2-8H,1H3,(H,18,22)(H,19,21)/t8-/m0/s1. The lowest BCUT2D eigenvalue weighted by Crippen LogP contribution is -2.34. The average Bonchev–Trinajstić information content (AvgIpc) is 2.56. The zero-order chi connectivity index (χ0) is 18.1. The van der Waals surface area contributed by atoms with Crippen molar-refractivity contribution in [2.24, 2.45) is 0 Å². The second kappa shape index (κ2) is 6.52. The predicted octanol–water partition coefficient (Wildman–Crippen LogP) is 3.33. The number of carbonyl (C=O) groups is 2. The summed E-state index contributed by atoms with van der Waals surface area (Å²) in [6.45, 7) is 1.63. The Morgan fingerprint density at radius 2 is 2.08 bits per heavy atom. The number of benzene rings is 2. The van der Waals surface area contributed by atoms with Crippen LogP contribution in [0.4, 0.5) is 17.1 Å². The predicted molar refractivity (Wildman–Crippen MR) is 93.9 cm³/mol. The molecular formula is C16H12BrN3O5. The fourth-order valence-electron chi connectivity index (χ4n) is 2.28. The second-order valence-electron chi connectivity index (χ2n) is 5.34. The van der Waals surface area contributed by atoms with Gasteiger partial charge < -0.3 is 15.4 Å². The van der Waals surface area contributed by atoms with Crippen LogP contribution in [0.1, 0.15) is 17.3 Å². The summed E-state index contributed by atoms with van der Waals surface area (Å²) in [6.07, 6.45) is -0.587. The van der Waals surface area contributed by atoms with E-state index in [0.717, 1.165) is 0 Å². The first-order valence-electron chi connectivity index (χ1n) is 7.22. The molecule has 128 valence electrons. The van der Waals surface area contributed by atoms with Crippen molar-refractivity contribution in [1.82, 2.24) is 0 Å². The van der Waals surface area contributed by atoms with Gasteiger partial charge in [-0.3, -0.25) is 19.7 Å². The third-order valence-corrected chi connectivity index (χ3v) is 4.24. The number of anilines is 2. The van der Waals surface area contributed by atoms with Crippen molar-refractivity contribution in [3.63, 3.8) is 0 Å². The monoisotopic (exact) mass is 405 g/mol. The number of nitro groups is 1. The zero-order valence-electron chi connectivity index (χ0n) is 12.9. The van der Waals surface area contributed by atoms with Gasteiger partial charge in [0.15, 0.2) is 6.10 Å². The van der Waals surface area contributed by atoms with Crippen LogP contribution in [0.2, 0.25) is 0 Å². The van der Waals surface area contributed by atoms with Gasteiger partial charge in [0, 0.05) is 17.3 Å². The highest BCUT2D eigenvalue weighted by Gasteiger charge is 2.24. The van der Waals surface area contributed by atoms with Gasteiger partial charge in [0.05, 0.1) is 15.1 Å². The maximum Gasteiger partial charge on any atom is 0.284 e. The Kier molecular flexibility index (Phi) is 4.41. The number of nitrogens with one attached hydrogen (secondary N) is 2. The molecule has 2 aromatic carbocycles. The molecular weight excluding hydrogens is 394 g/mol. The minimum atomic E-state index is -0.587. The van der Waals surface area contributed by atoms with Crippen LogP contribution in [0.15, 0.2) is 40.9 Å². The summed E-state index contributed by atoms with van der Waals surface area (Å²) in [5, 5.41) is 16.3. The number of amides is 2. The molecule has 1 heterocycles. The number of fused-ring (bicyclic) bond motifs is 1. The Morgan fingerprint density at radius 1 is 1.32 bits per heavy atom. The minimum absolute atomic E-state index is 0.140. The summed E-state index contributed by atoms with van der Waals surface area (Å²) < 4.78 is 5.73. The van der Waals surface area contributed by atoms with Gasteiger partial charge in [0.2, 0.25) is 0 Å². The van der Waals surface area contributed by atoms with Crippen molar-refractivity contribution >= 4 is 44.8 Å². The van der Waals surface area contributed by atoms with E-state index < -0.39 is 16.9 Å². The van der Waals surface area contributed by atoms with E-state index in [9.17, 15) is 19.7 Å². The Hall–Kier alpha value is -2.94. The number of hydrogen-bond donors (Lipinski definition) is 2. The molecule has 0 aromatic heterocycles. The van der Waals surface area contributed by atoms with Gasteiger partial charge in [0.1, 0.15) is 5.75 Å². The molecule has 0 aliphatic carbocycles. The Labute approximate surface area is 150 Å². The summed E-state index contributed by atoms with van der Waals surface area (Å²) in [4.78, 5) is 34.4. The highest BCUT2D eigenvalue weighted by atomic mass is 79.9. The Bertz CT molecular complexity index is 899. The summed E-state index contributed by atoms with van der Waals surface area (Å²) in [5.74, 6) is -0.282. The first kappa shape index (κ1) is 16.9. The molecule has 8 nitrogen and oxygen atoms in total. The van der Waals surface area contributed by atoms with Crippen molar-refractivity contribution in [2.75, 3.05) is 10.6 Å². The van der Waals surface area contributed by atoms with E-state index in [-0.39, 0.29) is 21.6 Å². The van der Waals surface area contributed by atoms with E-state index in [2.05, 4.69) is 26.6 Å². The summed E-state index contributed by atoms with van der Waals surface area (Å²) in [5.41, 5.74) is 0.810. The van der Waals surface area contributed by atoms with E-state index >= 15 is 0 Å². The van der Waals surface area contributed by atoms with Crippen molar-refractivity contribution in [3.05, 3.63) is 56.5 Å². The molecule has 0 unspecified atom stereocenters. The van der Waals surface area contributed by atoms with Crippen LogP contribution in [-0.2, 0) is 4.79 Å². The molecule has 2 N–H and O–H groups in total. The lowest BCUT2D eigenvalue weighted by Gasteiger charge is -2.23. The molecule has 2 amide bonds. The Balaban J connectivity index is 1.82. The normalized spacial score (nSPS) is 15.6. The van der Waals surface area contributed by atoms with E-state index in [1.54, 1.807) is 25.1 Å². The van der Waals surface area contributed by atoms with Crippen LogP contribution in [0.5, 0.6) is 5.75 Å². The maximum atomic E-state index is 12.3. The molecule has 1 aliphatic rings. The number of halogens is 1. The smallest absolute Gasteiger partial charge is 0.284 e. The molecule has 2 aromatic rings. The van der Waals surface area contributed by atoms with E-state index in [0.29, 0.717) is 17.1 Å². The number of nitrogens with zero attached hydrogens (tertiary/aromatic N) is 1. The highest BCUT2D eigenvalue weighted by molar-refractivity contribution is 9.10. The maximum absolute atomic E-state index is 12.3. The fourth-order valence-corrected chi connectivity index (χ4v) is 2.68. The van der Waals surface area contributed by atoms with E-state index in [1.807, 2.05) is 0 Å². The first-order valence-corrected chi connectivity index (χ1v) is 8.01. The third kappa shape index (κ3) is 3.45. The molecule has 0 spiro atoms. The lowest BCUT2D eigenvalue weighted by atomic mass is 10.1. The van der Waals surface area contributed by atoms with Gasteiger partial charge in [-0.1, -0.05) is 0 Å². The van der Waals surface area contributed by atoms with Crippen molar-refractivity contribution in [3.8, 4) is 5.75 Å². The quantitative estimate of drug-likeness (QED) is 0.600. The number of hydrogen-bond acceptors (Lipinski definition) is 5. The molecule has 1 aliphatic heterocycles. The number of rotatable bonds is 3. The molecule has 0 radical (unpaired) electrons. The zero-order valence-corrected chi connectivity index (χ0v) is 14.5. The van der Waals surface area contributed by atoms with Gasteiger partial charge in [-0.25, -0.2) is 0 Å². The number of carbonyl (C=O) groups excluding carboxylic acids is 2. The topological polar surface area (TPSA) is 111 Å². The highest BCUT2D eigenvalue weighted by Crippen LogP contribution is 2.32. The van der Waals surface area contributed by atoms with Gasteiger partial charge in [-0.2, -0.15) is 0 Å². The SMILES string of the molecule is C[C@@H]1Oc2ccc(NC(=O)c3ccc(Br)c([N+](=O)[O-])c3)cc2NC1=O. The van der Waals surface area contributed by atoms with Crippen LogP contribution in [0.3, 0.4) is 0 Å². The molecule has 0 fully saturated rings. The van der Waals surface area contributed by atoms with Crippen molar-refractivity contribution in [2.45, 2.75) is 13.0 Å². The largest absolute Gasteiger partial charge is 0.479 e. The number of nitro benzene ring substituents is 1. The van der Waals surface area contributed by atoms with E-state index in [4.69, 9.17) is 4.74 Å². The molecule has 25 heavy (non-hydrogen) atoms. The molecule has 9 heteroatoms. The second-order valence-corrected chi connectivity index (χ2v) is 6.19. The molecule has 3 rings (SSSR count). The first-order chi connectivity index (χ1) is 11.8. The van der Waals surface area contributed by atoms with Crippen LogP contribution in [0, 0.1) is 10.1 Å². The third-order valence-electron chi connectivity index (χ3n) is 3.57. The van der Waals surface area contributed by atoms with Crippen molar-refractivity contribution in [1.29, 1.82) is 0 Å². The van der Waals surface area contributed by atoms with Gasteiger partial charge in [0.25, 0.3) is 17.5 Å². The Morgan fingerprint density at radius 3 is 2.80 bits per heavy atom. The minimum Gasteiger partial charge on any atom is -0.479 e. The van der Waals surface area contributed by atoms with Crippen LogP contribution in [-0.4, -0.2) is 22.8 Å². The van der Waals surface area contributed by atoms with Crippen LogP contribution < -0.4 is 15.4 Å². The fraction of sp³-hybridized carbons (Fsp3) is 0.125. The average molecular weight is 406 g/mol. The van der Waals surface area contributed by atoms with Gasteiger partial charge in [-0.05, 0) is 53.2 Å². The molecule has 0 saturated heterocycles. The van der Waals surface area contributed by atoms with Crippen molar-refractivity contribution < 1.29 is 19.2 Å². The lowest BCUT2D eigenvalue weighted by molar-refractivity contribution is -0.385. The molecule has 0 saturated carbocycles. The van der Waals surface area contributed by atoms with Gasteiger partial charge >= 0.3 is 0 Å². The molecule has 0 bridgehead atoms. The van der Waals surface area contributed by atoms with Crippen LogP contribution >= 0.6 is 15.9 Å². The summed E-state index contributed by atoms with van der Waals surface area (Å²) in [7, 11) is 0. The number of ether oxygens (including phenoxy) is 1. The summed E-state index contributed by atoms with van der Waals surface area (Å²) >= 11 is 3.07. The summed E-state index contributed by atoms with van der Waals surface area (Å²) in [6, 6.07) is 8.90. The molecule has 1 atom stereocenters.